The zero-order valence-corrected chi connectivity index (χ0v) is 18.7. The summed E-state index contributed by atoms with van der Waals surface area (Å²) in [6.45, 7) is 19.3. The van der Waals surface area contributed by atoms with E-state index in [1.54, 1.807) is 10.9 Å². The molecule has 0 amide bonds. The van der Waals surface area contributed by atoms with Crippen molar-refractivity contribution in [3.05, 3.63) is 11.9 Å². The molecule has 1 N–H and O–H groups in total. The minimum atomic E-state index is -3.59. The highest BCUT2D eigenvalue weighted by molar-refractivity contribution is 7.89. The second-order valence-corrected chi connectivity index (χ2v) is 10.0. The van der Waals surface area contributed by atoms with Crippen molar-refractivity contribution in [3.63, 3.8) is 0 Å². The topological polar surface area (TPSA) is 67.2 Å². The lowest BCUT2D eigenvalue weighted by Crippen LogP contribution is -2.34. The van der Waals surface area contributed by atoms with Crippen LogP contribution in [0.1, 0.15) is 80.0 Å². The summed E-state index contributed by atoms with van der Waals surface area (Å²) in [4.78, 5) is 2.65. The molecule has 0 spiro atoms. The zero-order valence-electron chi connectivity index (χ0n) is 17.8. The molecule has 1 atom stereocenters. The summed E-state index contributed by atoms with van der Waals surface area (Å²) < 4.78 is 30.5. The molecule has 6 nitrogen and oxygen atoms in total. The van der Waals surface area contributed by atoms with Crippen molar-refractivity contribution < 1.29 is 8.42 Å². The van der Waals surface area contributed by atoms with Crippen LogP contribution in [0.4, 0.5) is 0 Å². The molecule has 0 saturated carbocycles. The van der Waals surface area contributed by atoms with Crippen LogP contribution in [-0.2, 0) is 15.4 Å². The Morgan fingerprint density at radius 2 is 1.77 bits per heavy atom. The molecule has 1 heterocycles. The Morgan fingerprint density at radius 1 is 1.19 bits per heavy atom. The largest absolute Gasteiger partial charge is 0.304 e. The van der Waals surface area contributed by atoms with E-state index in [0.717, 1.165) is 32.5 Å². The zero-order chi connectivity index (χ0) is 20.1. The minimum absolute atomic E-state index is 0.106. The smallest absolute Gasteiger partial charge is 0.244 e. The molecule has 0 aromatic carbocycles. The minimum Gasteiger partial charge on any atom is -0.304 e. The van der Waals surface area contributed by atoms with E-state index in [0.29, 0.717) is 10.6 Å². The third-order valence-corrected chi connectivity index (χ3v) is 6.18. The van der Waals surface area contributed by atoms with Crippen molar-refractivity contribution >= 4 is 10.0 Å². The summed E-state index contributed by atoms with van der Waals surface area (Å²) in [5.41, 5.74) is 0.282. The fourth-order valence-corrected chi connectivity index (χ4v) is 4.53. The lowest BCUT2D eigenvalue weighted by molar-refractivity contribution is 0.293. The number of rotatable bonds is 10. The first kappa shape index (κ1) is 23.1. The van der Waals surface area contributed by atoms with Crippen LogP contribution >= 0.6 is 0 Å². The number of aromatic nitrogens is 2. The van der Waals surface area contributed by atoms with Gasteiger partial charge in [-0.15, -0.1) is 0 Å². The summed E-state index contributed by atoms with van der Waals surface area (Å²) in [5, 5.41) is 4.55. The van der Waals surface area contributed by atoms with Crippen LogP contribution in [0.5, 0.6) is 0 Å². The Kier molecular flexibility index (Phi) is 8.30. The maximum Gasteiger partial charge on any atom is 0.244 e. The van der Waals surface area contributed by atoms with Gasteiger partial charge in [-0.05, 0) is 53.2 Å². The Bertz CT molecular complexity index is 656. The van der Waals surface area contributed by atoms with Gasteiger partial charge in [0, 0.05) is 23.7 Å². The fourth-order valence-electron chi connectivity index (χ4n) is 2.90. The maximum absolute atomic E-state index is 13.0. The third-order valence-electron chi connectivity index (χ3n) is 4.59. The molecular weight excluding hydrogens is 348 g/mol. The van der Waals surface area contributed by atoms with Crippen molar-refractivity contribution in [1.29, 1.82) is 0 Å². The van der Waals surface area contributed by atoms with Gasteiger partial charge in [-0.3, -0.25) is 4.68 Å². The molecule has 1 aromatic heterocycles. The van der Waals surface area contributed by atoms with Crippen LogP contribution in [0, 0.1) is 0 Å². The average Bonchev–Trinajstić information content (AvgIpc) is 2.98. The molecule has 1 aromatic rings. The van der Waals surface area contributed by atoms with Crippen molar-refractivity contribution in [2.24, 2.45) is 0 Å². The number of nitrogens with zero attached hydrogens (tertiary/aromatic N) is 3. The molecule has 0 aliphatic carbocycles. The van der Waals surface area contributed by atoms with Crippen molar-refractivity contribution in [2.75, 3.05) is 19.6 Å². The van der Waals surface area contributed by atoms with Gasteiger partial charge in [-0.25, -0.2) is 13.1 Å². The second kappa shape index (κ2) is 9.33. The lowest BCUT2D eigenvalue weighted by atomic mass is 9.92. The summed E-state index contributed by atoms with van der Waals surface area (Å²) in [7, 11) is -3.59. The Morgan fingerprint density at radius 3 is 2.23 bits per heavy atom. The van der Waals surface area contributed by atoms with Gasteiger partial charge in [0.1, 0.15) is 4.90 Å². The van der Waals surface area contributed by atoms with Crippen LogP contribution in [0.25, 0.3) is 0 Å². The van der Waals surface area contributed by atoms with Gasteiger partial charge in [0.2, 0.25) is 10.0 Å². The fraction of sp³-hybridized carbons (Fsp3) is 0.842. The number of nitrogens with one attached hydrogen (secondary N) is 1. The predicted molar refractivity (Wildman–Crippen MR) is 108 cm³/mol. The van der Waals surface area contributed by atoms with E-state index in [1.165, 1.54) is 0 Å². The Labute approximate surface area is 160 Å². The van der Waals surface area contributed by atoms with E-state index in [1.807, 2.05) is 41.5 Å². The highest BCUT2D eigenvalue weighted by atomic mass is 32.2. The first-order chi connectivity index (χ1) is 11.9. The van der Waals surface area contributed by atoms with Crippen LogP contribution in [0.15, 0.2) is 11.1 Å². The Balaban J connectivity index is 2.90. The van der Waals surface area contributed by atoms with Crippen LogP contribution < -0.4 is 4.72 Å². The first-order valence-electron chi connectivity index (χ1n) is 9.76. The molecule has 0 aliphatic heterocycles. The lowest BCUT2D eigenvalue weighted by Gasteiger charge is -2.21. The number of sulfonamides is 1. The average molecular weight is 387 g/mol. The van der Waals surface area contributed by atoms with Crippen molar-refractivity contribution in [3.8, 4) is 0 Å². The molecule has 1 unspecified atom stereocenters. The monoisotopic (exact) mass is 386 g/mol. The van der Waals surface area contributed by atoms with Crippen LogP contribution in [-0.4, -0.2) is 48.8 Å². The van der Waals surface area contributed by atoms with Gasteiger partial charge in [0.15, 0.2) is 0 Å². The first-order valence-corrected chi connectivity index (χ1v) is 11.2. The normalized spacial score (nSPS) is 14.4. The van der Waals surface area contributed by atoms with E-state index in [-0.39, 0.29) is 17.5 Å². The maximum atomic E-state index is 13.0. The summed E-state index contributed by atoms with van der Waals surface area (Å²) in [5.74, 6) is 0. The molecule has 0 bridgehead atoms. The highest BCUT2D eigenvalue weighted by Gasteiger charge is 2.31. The van der Waals surface area contributed by atoms with E-state index in [2.05, 4.69) is 28.6 Å². The number of hydrogen-bond donors (Lipinski definition) is 1. The summed E-state index contributed by atoms with van der Waals surface area (Å²) in [6, 6.07) is 0.0114. The standard InChI is InChI=1S/C19H38N4O2S/c1-9-22(10-2)13-11-12-16(5)21-26(24,25)17-14-23(15(3)4)20-18(17)19(6,7)8/h14-16,21H,9-13H2,1-8H3. The molecular formula is C19H38N4O2S. The van der Waals surface area contributed by atoms with Crippen molar-refractivity contribution in [1.82, 2.24) is 19.4 Å². The van der Waals surface area contributed by atoms with Crippen LogP contribution in [0.2, 0.25) is 0 Å². The summed E-state index contributed by atoms with van der Waals surface area (Å²) >= 11 is 0. The SMILES string of the molecule is CCN(CC)CCCC(C)NS(=O)(=O)c1cn(C(C)C)nc1C(C)(C)C. The van der Waals surface area contributed by atoms with E-state index in [4.69, 9.17) is 0 Å². The Hall–Kier alpha value is -0.920. The van der Waals surface area contributed by atoms with Gasteiger partial charge in [0.05, 0.1) is 5.69 Å². The quantitative estimate of drug-likeness (QED) is 0.668. The van der Waals surface area contributed by atoms with Crippen molar-refractivity contribution in [2.45, 2.75) is 90.6 Å². The van der Waals surface area contributed by atoms with Gasteiger partial charge >= 0.3 is 0 Å². The van der Waals surface area contributed by atoms with E-state index in [9.17, 15) is 8.42 Å². The molecule has 0 radical (unpaired) electrons. The van der Waals surface area contributed by atoms with Gasteiger partial charge in [0.25, 0.3) is 0 Å². The predicted octanol–water partition coefficient (Wildman–Crippen LogP) is 3.55. The molecule has 7 heteroatoms. The molecule has 0 fully saturated rings. The third kappa shape index (κ3) is 6.35. The molecule has 152 valence electrons. The number of hydrogen-bond acceptors (Lipinski definition) is 4. The van der Waals surface area contributed by atoms with Crippen LogP contribution in [0.3, 0.4) is 0 Å². The van der Waals surface area contributed by atoms with E-state index >= 15 is 0 Å². The molecule has 26 heavy (non-hydrogen) atoms. The van der Waals surface area contributed by atoms with Gasteiger partial charge < -0.3 is 4.90 Å². The molecule has 0 aliphatic rings. The second-order valence-electron chi connectivity index (χ2n) is 8.36. The molecule has 1 rings (SSSR count). The summed E-state index contributed by atoms with van der Waals surface area (Å²) in [6.07, 6.45) is 3.46. The van der Waals surface area contributed by atoms with E-state index < -0.39 is 10.0 Å². The highest BCUT2D eigenvalue weighted by Crippen LogP contribution is 2.28. The van der Waals surface area contributed by atoms with Gasteiger partial charge in [-0.1, -0.05) is 34.6 Å². The molecule has 0 saturated heterocycles. The van der Waals surface area contributed by atoms with Gasteiger partial charge in [-0.2, -0.15) is 5.10 Å².